The van der Waals surface area contributed by atoms with Crippen LogP contribution in [0.5, 0.6) is 0 Å². The highest BCUT2D eigenvalue weighted by atomic mass is 35.5. The van der Waals surface area contributed by atoms with Crippen molar-refractivity contribution in [2.24, 2.45) is 0 Å². The zero-order valence-electron chi connectivity index (χ0n) is 9.66. The highest BCUT2D eigenvalue weighted by Crippen LogP contribution is 2.22. The van der Waals surface area contributed by atoms with E-state index in [4.69, 9.17) is 11.6 Å². The van der Waals surface area contributed by atoms with E-state index in [9.17, 15) is 9.90 Å². The molecular weight excluding hydrogens is 246 g/mol. The lowest BCUT2D eigenvalue weighted by atomic mass is 10.0. The number of hydrogen-bond acceptors (Lipinski definition) is 4. The Bertz CT molecular complexity index is 376. The highest BCUT2D eigenvalue weighted by Gasteiger charge is 2.24. The Labute approximate surface area is 105 Å². The Kier molecular flexibility index (Phi) is 4.50. The molecule has 0 radical (unpaired) electrons. The fraction of sp³-hybridized carbons (Fsp3) is 0.545. The monoisotopic (exact) mass is 261 g/mol. The van der Waals surface area contributed by atoms with Crippen LogP contribution < -0.4 is 0 Å². The van der Waals surface area contributed by atoms with E-state index in [-0.39, 0.29) is 18.9 Å². The lowest BCUT2D eigenvalue weighted by Gasteiger charge is -2.33. The van der Waals surface area contributed by atoms with Crippen molar-refractivity contribution in [3.8, 4) is 0 Å². The molecule has 1 rings (SSSR count). The largest absolute Gasteiger partial charge is 0.394 e. The maximum Gasteiger partial charge on any atom is 0.186 e. The SMILES string of the molecule is CN(CC(=O)c1ccc(Cl)s1)C(C)(C)CO. The van der Waals surface area contributed by atoms with Gasteiger partial charge in [0.2, 0.25) is 0 Å². The van der Waals surface area contributed by atoms with Gasteiger partial charge in [0.25, 0.3) is 0 Å². The van der Waals surface area contributed by atoms with Gasteiger partial charge in [-0.05, 0) is 33.0 Å². The topological polar surface area (TPSA) is 40.5 Å². The van der Waals surface area contributed by atoms with Gasteiger partial charge in [0.05, 0.1) is 22.4 Å². The molecule has 1 aromatic heterocycles. The van der Waals surface area contributed by atoms with Crippen LogP contribution in [0.4, 0.5) is 0 Å². The minimum absolute atomic E-state index is 0.0158. The predicted octanol–water partition coefficient (Wildman–Crippen LogP) is 2.29. The van der Waals surface area contributed by atoms with Crippen molar-refractivity contribution >= 4 is 28.7 Å². The van der Waals surface area contributed by atoms with Crippen LogP contribution in [-0.2, 0) is 0 Å². The Morgan fingerprint density at radius 3 is 2.62 bits per heavy atom. The molecule has 16 heavy (non-hydrogen) atoms. The minimum atomic E-state index is -0.392. The third-order valence-corrected chi connectivity index (χ3v) is 3.92. The molecular formula is C11H16ClNO2S. The molecule has 0 atom stereocenters. The number of hydrogen-bond donors (Lipinski definition) is 1. The van der Waals surface area contributed by atoms with Crippen molar-refractivity contribution in [2.75, 3.05) is 20.2 Å². The number of aliphatic hydroxyl groups is 1. The first-order valence-corrected chi connectivity index (χ1v) is 6.17. The second-order valence-corrected chi connectivity index (χ2v) is 6.07. The van der Waals surface area contributed by atoms with E-state index in [2.05, 4.69) is 0 Å². The number of aliphatic hydroxyl groups excluding tert-OH is 1. The first-order valence-electron chi connectivity index (χ1n) is 4.97. The van der Waals surface area contributed by atoms with Gasteiger partial charge in [-0.15, -0.1) is 11.3 Å². The zero-order valence-corrected chi connectivity index (χ0v) is 11.2. The number of nitrogens with zero attached hydrogens (tertiary/aromatic N) is 1. The molecule has 3 nitrogen and oxygen atoms in total. The maximum atomic E-state index is 11.9. The second kappa shape index (κ2) is 5.27. The number of likely N-dealkylation sites (N-methyl/N-ethyl adjacent to an activating group) is 1. The summed E-state index contributed by atoms with van der Waals surface area (Å²) in [6, 6.07) is 3.45. The molecule has 5 heteroatoms. The van der Waals surface area contributed by atoms with E-state index in [1.165, 1.54) is 11.3 Å². The lowest BCUT2D eigenvalue weighted by molar-refractivity contribution is 0.0662. The summed E-state index contributed by atoms with van der Waals surface area (Å²) >= 11 is 7.05. The number of carbonyl (C=O) groups is 1. The fourth-order valence-electron chi connectivity index (χ4n) is 1.09. The Morgan fingerprint density at radius 2 is 2.19 bits per heavy atom. The Balaban J connectivity index is 2.65. The molecule has 0 spiro atoms. The molecule has 0 aromatic carbocycles. The van der Waals surface area contributed by atoms with E-state index >= 15 is 0 Å². The van der Waals surface area contributed by atoms with Crippen LogP contribution in [0.1, 0.15) is 23.5 Å². The van der Waals surface area contributed by atoms with Gasteiger partial charge in [0.15, 0.2) is 5.78 Å². The number of Topliss-reactive ketones (excluding diaryl/α,β-unsaturated/α-hetero) is 1. The number of carbonyl (C=O) groups excluding carboxylic acids is 1. The summed E-state index contributed by atoms with van der Waals surface area (Å²) in [5.41, 5.74) is -0.392. The molecule has 0 saturated heterocycles. The van der Waals surface area contributed by atoms with Crippen molar-refractivity contribution in [2.45, 2.75) is 19.4 Å². The summed E-state index contributed by atoms with van der Waals surface area (Å²) in [4.78, 5) is 14.4. The molecule has 1 aromatic rings. The van der Waals surface area contributed by atoms with Crippen molar-refractivity contribution in [1.82, 2.24) is 4.90 Å². The fourth-order valence-corrected chi connectivity index (χ4v) is 2.07. The molecule has 0 aliphatic heterocycles. The molecule has 0 aliphatic rings. The Morgan fingerprint density at radius 1 is 1.56 bits per heavy atom. The maximum absolute atomic E-state index is 11.9. The van der Waals surface area contributed by atoms with E-state index in [1.54, 1.807) is 12.1 Å². The number of ketones is 1. The van der Waals surface area contributed by atoms with Crippen LogP contribution in [0, 0.1) is 0 Å². The smallest absolute Gasteiger partial charge is 0.186 e. The summed E-state index contributed by atoms with van der Waals surface area (Å²) in [5, 5.41) is 9.18. The quantitative estimate of drug-likeness (QED) is 0.827. The average Bonchev–Trinajstić information content (AvgIpc) is 2.64. The molecule has 90 valence electrons. The number of halogens is 1. The summed E-state index contributed by atoms with van der Waals surface area (Å²) in [6.07, 6.45) is 0. The van der Waals surface area contributed by atoms with Gasteiger partial charge in [0.1, 0.15) is 0 Å². The first kappa shape index (κ1) is 13.6. The van der Waals surface area contributed by atoms with Crippen molar-refractivity contribution in [1.29, 1.82) is 0 Å². The first-order chi connectivity index (χ1) is 7.36. The van der Waals surface area contributed by atoms with E-state index in [1.807, 2.05) is 25.8 Å². The van der Waals surface area contributed by atoms with Crippen molar-refractivity contribution < 1.29 is 9.90 Å². The second-order valence-electron chi connectivity index (χ2n) is 4.35. The zero-order chi connectivity index (χ0) is 12.3. The average molecular weight is 262 g/mol. The van der Waals surface area contributed by atoms with Gasteiger partial charge in [-0.1, -0.05) is 11.6 Å². The van der Waals surface area contributed by atoms with E-state index in [0.29, 0.717) is 9.21 Å². The van der Waals surface area contributed by atoms with Crippen molar-refractivity contribution in [3.63, 3.8) is 0 Å². The van der Waals surface area contributed by atoms with Crippen LogP contribution in [0.25, 0.3) is 0 Å². The molecule has 0 saturated carbocycles. The number of thiophene rings is 1. The molecule has 0 fully saturated rings. The minimum Gasteiger partial charge on any atom is -0.394 e. The van der Waals surface area contributed by atoms with Gasteiger partial charge in [-0.2, -0.15) is 0 Å². The molecule has 0 aliphatic carbocycles. The summed E-state index contributed by atoms with van der Waals surface area (Å²) < 4.78 is 0.618. The van der Waals surface area contributed by atoms with Crippen LogP contribution in [0.15, 0.2) is 12.1 Å². The van der Waals surface area contributed by atoms with Crippen LogP contribution in [0.3, 0.4) is 0 Å². The molecule has 0 bridgehead atoms. The summed E-state index contributed by atoms with van der Waals surface area (Å²) in [5.74, 6) is 0.0286. The van der Waals surface area contributed by atoms with Crippen LogP contribution in [0.2, 0.25) is 4.34 Å². The van der Waals surface area contributed by atoms with Crippen LogP contribution in [-0.4, -0.2) is 41.5 Å². The third-order valence-electron chi connectivity index (χ3n) is 2.65. The summed E-state index contributed by atoms with van der Waals surface area (Å²) in [6.45, 7) is 4.08. The van der Waals surface area contributed by atoms with E-state index < -0.39 is 5.54 Å². The van der Waals surface area contributed by atoms with Crippen molar-refractivity contribution in [3.05, 3.63) is 21.3 Å². The molecule has 0 amide bonds. The molecule has 0 unspecified atom stereocenters. The standard InChI is InChI=1S/C11H16ClNO2S/c1-11(2,7-14)13(3)6-8(15)9-4-5-10(12)16-9/h4-5,14H,6-7H2,1-3H3. The van der Waals surface area contributed by atoms with Gasteiger partial charge < -0.3 is 5.11 Å². The van der Waals surface area contributed by atoms with Gasteiger partial charge in [-0.25, -0.2) is 0 Å². The normalized spacial score (nSPS) is 12.1. The van der Waals surface area contributed by atoms with Gasteiger partial charge >= 0.3 is 0 Å². The summed E-state index contributed by atoms with van der Waals surface area (Å²) in [7, 11) is 1.82. The number of rotatable bonds is 5. The van der Waals surface area contributed by atoms with Gasteiger partial charge in [0, 0.05) is 5.54 Å². The predicted molar refractivity (Wildman–Crippen MR) is 67.5 cm³/mol. The van der Waals surface area contributed by atoms with Gasteiger partial charge in [-0.3, -0.25) is 9.69 Å². The Hall–Kier alpha value is -0.420. The lowest BCUT2D eigenvalue weighted by Crippen LogP contribution is -2.46. The highest BCUT2D eigenvalue weighted by molar-refractivity contribution is 7.18. The molecule has 1 heterocycles. The molecule has 1 N–H and O–H groups in total. The third kappa shape index (κ3) is 3.28. The van der Waals surface area contributed by atoms with E-state index in [0.717, 1.165) is 0 Å². The van der Waals surface area contributed by atoms with Crippen LogP contribution >= 0.6 is 22.9 Å².